The Kier molecular flexibility index (Phi) is 2.61. The summed E-state index contributed by atoms with van der Waals surface area (Å²) in [5.41, 5.74) is 5.40. The second-order valence-electron chi connectivity index (χ2n) is 3.80. The monoisotopic (exact) mass is 195 g/mol. The van der Waals surface area contributed by atoms with Gasteiger partial charge in [-0.1, -0.05) is 19.3 Å². The Balaban J connectivity index is 2.18. The average Bonchev–Trinajstić information content (AvgIpc) is 2.23. The van der Waals surface area contributed by atoms with E-state index in [4.69, 9.17) is 5.73 Å². The number of hydrogen-bond donors (Lipinski definition) is 1. The van der Waals surface area contributed by atoms with Gasteiger partial charge in [0.1, 0.15) is 5.82 Å². The van der Waals surface area contributed by atoms with Gasteiger partial charge in [-0.05, 0) is 12.8 Å². The number of rotatable bonds is 1. The van der Waals surface area contributed by atoms with Crippen molar-refractivity contribution in [1.82, 2.24) is 9.97 Å². The van der Waals surface area contributed by atoms with E-state index in [2.05, 4.69) is 9.97 Å². The van der Waals surface area contributed by atoms with Gasteiger partial charge in [0.25, 0.3) is 0 Å². The summed E-state index contributed by atoms with van der Waals surface area (Å²) in [5, 5.41) is 0. The van der Waals surface area contributed by atoms with Crippen molar-refractivity contribution in [3.63, 3.8) is 0 Å². The fourth-order valence-electron chi connectivity index (χ4n) is 1.95. The van der Waals surface area contributed by atoms with Crippen molar-refractivity contribution in [1.29, 1.82) is 0 Å². The fraction of sp³-hybridized carbons (Fsp3) is 0.600. The molecule has 0 aliphatic heterocycles. The number of anilines is 1. The van der Waals surface area contributed by atoms with Gasteiger partial charge in [0.2, 0.25) is 0 Å². The van der Waals surface area contributed by atoms with E-state index < -0.39 is 5.82 Å². The lowest BCUT2D eigenvalue weighted by molar-refractivity contribution is 0.427. The van der Waals surface area contributed by atoms with E-state index >= 15 is 0 Å². The summed E-state index contributed by atoms with van der Waals surface area (Å²) in [4.78, 5) is 7.98. The summed E-state index contributed by atoms with van der Waals surface area (Å²) in [7, 11) is 0. The molecular formula is C10H14FN3. The molecule has 0 amide bonds. The largest absolute Gasteiger partial charge is 0.381 e. The molecule has 0 bridgehead atoms. The van der Waals surface area contributed by atoms with Crippen LogP contribution in [0.25, 0.3) is 0 Å². The van der Waals surface area contributed by atoms with Crippen LogP contribution in [-0.2, 0) is 0 Å². The Labute approximate surface area is 82.6 Å². The number of nitrogens with two attached hydrogens (primary N) is 1. The predicted octanol–water partition coefficient (Wildman–Crippen LogP) is 2.25. The molecule has 0 atom stereocenters. The van der Waals surface area contributed by atoms with E-state index in [1.807, 2.05) is 0 Å². The van der Waals surface area contributed by atoms with Gasteiger partial charge in [-0.25, -0.2) is 14.4 Å². The Bertz CT molecular complexity index is 321. The molecular weight excluding hydrogens is 181 g/mol. The highest BCUT2D eigenvalue weighted by Crippen LogP contribution is 2.30. The van der Waals surface area contributed by atoms with Crippen LogP contribution >= 0.6 is 0 Å². The molecule has 2 N–H and O–H groups in total. The second kappa shape index (κ2) is 3.90. The first-order valence-electron chi connectivity index (χ1n) is 5.05. The van der Waals surface area contributed by atoms with Crippen molar-refractivity contribution in [2.24, 2.45) is 0 Å². The van der Waals surface area contributed by atoms with Gasteiger partial charge in [0.05, 0.1) is 6.20 Å². The minimum absolute atomic E-state index is 0.0272. The Hall–Kier alpha value is -1.19. The summed E-state index contributed by atoms with van der Waals surface area (Å²) in [5.74, 6) is 0.542. The third kappa shape index (κ3) is 1.84. The number of nitrogens with zero attached hydrogens (tertiary/aromatic N) is 2. The first-order chi connectivity index (χ1) is 6.77. The molecule has 1 aromatic rings. The van der Waals surface area contributed by atoms with Crippen LogP contribution in [0.15, 0.2) is 6.20 Å². The van der Waals surface area contributed by atoms with Crippen molar-refractivity contribution in [3.05, 3.63) is 17.8 Å². The van der Waals surface area contributed by atoms with E-state index in [0.29, 0.717) is 11.7 Å². The predicted molar refractivity (Wildman–Crippen MR) is 52.2 cm³/mol. The molecule has 0 spiro atoms. The van der Waals surface area contributed by atoms with Crippen molar-refractivity contribution >= 4 is 5.82 Å². The van der Waals surface area contributed by atoms with E-state index in [-0.39, 0.29) is 5.82 Å². The van der Waals surface area contributed by atoms with Crippen LogP contribution < -0.4 is 5.73 Å². The normalized spacial score (nSPS) is 18.4. The Morgan fingerprint density at radius 2 is 2.00 bits per heavy atom. The van der Waals surface area contributed by atoms with Crippen LogP contribution in [0.4, 0.5) is 10.2 Å². The van der Waals surface area contributed by atoms with Gasteiger partial charge in [-0.2, -0.15) is 0 Å². The van der Waals surface area contributed by atoms with E-state index in [1.165, 1.54) is 25.5 Å². The van der Waals surface area contributed by atoms with Gasteiger partial charge in [0, 0.05) is 5.92 Å². The first kappa shape index (κ1) is 9.37. The number of halogens is 1. The number of aromatic nitrogens is 2. The summed E-state index contributed by atoms with van der Waals surface area (Å²) in [6.07, 6.45) is 7.09. The van der Waals surface area contributed by atoms with Gasteiger partial charge < -0.3 is 5.73 Å². The van der Waals surface area contributed by atoms with Crippen LogP contribution in [0.3, 0.4) is 0 Å². The van der Waals surface area contributed by atoms with Crippen molar-refractivity contribution in [2.75, 3.05) is 5.73 Å². The molecule has 1 saturated carbocycles. The zero-order valence-corrected chi connectivity index (χ0v) is 8.04. The molecule has 1 aromatic heterocycles. The maximum absolute atomic E-state index is 12.8. The van der Waals surface area contributed by atoms with Gasteiger partial charge in [0.15, 0.2) is 11.6 Å². The first-order valence-corrected chi connectivity index (χ1v) is 5.05. The van der Waals surface area contributed by atoms with Gasteiger partial charge in [-0.3, -0.25) is 0 Å². The lowest BCUT2D eigenvalue weighted by atomic mass is 9.89. The minimum atomic E-state index is -0.524. The maximum Gasteiger partial charge on any atom is 0.183 e. The highest BCUT2D eigenvalue weighted by Gasteiger charge is 2.18. The van der Waals surface area contributed by atoms with Crippen molar-refractivity contribution in [3.8, 4) is 0 Å². The Morgan fingerprint density at radius 1 is 1.29 bits per heavy atom. The SMILES string of the molecule is Nc1nc(C2CCCCC2)ncc1F. The molecule has 0 unspecified atom stereocenters. The zero-order valence-electron chi connectivity index (χ0n) is 8.04. The van der Waals surface area contributed by atoms with Crippen LogP contribution in [-0.4, -0.2) is 9.97 Å². The highest BCUT2D eigenvalue weighted by molar-refractivity contribution is 5.28. The summed E-state index contributed by atoms with van der Waals surface area (Å²) >= 11 is 0. The van der Waals surface area contributed by atoms with Gasteiger partial charge >= 0.3 is 0 Å². The summed E-state index contributed by atoms with van der Waals surface area (Å²) in [6, 6.07) is 0. The molecule has 1 aliphatic rings. The third-order valence-electron chi connectivity index (χ3n) is 2.76. The van der Waals surface area contributed by atoms with Crippen LogP contribution in [0.2, 0.25) is 0 Å². The smallest absolute Gasteiger partial charge is 0.183 e. The standard InChI is InChI=1S/C10H14FN3/c11-8-6-13-10(14-9(8)12)7-4-2-1-3-5-7/h6-7H,1-5H2,(H2,12,13,14). The maximum atomic E-state index is 12.8. The van der Waals surface area contributed by atoms with E-state index in [9.17, 15) is 4.39 Å². The van der Waals surface area contributed by atoms with Crippen LogP contribution in [0.1, 0.15) is 43.8 Å². The summed E-state index contributed by atoms with van der Waals surface area (Å²) in [6.45, 7) is 0. The third-order valence-corrected chi connectivity index (χ3v) is 2.76. The van der Waals surface area contributed by atoms with Crippen LogP contribution in [0, 0.1) is 5.82 Å². The quantitative estimate of drug-likeness (QED) is 0.747. The fourth-order valence-corrected chi connectivity index (χ4v) is 1.95. The van der Waals surface area contributed by atoms with E-state index in [1.54, 1.807) is 0 Å². The molecule has 76 valence electrons. The van der Waals surface area contributed by atoms with Gasteiger partial charge in [-0.15, -0.1) is 0 Å². The lowest BCUT2D eigenvalue weighted by Crippen LogP contribution is -2.10. The second-order valence-corrected chi connectivity index (χ2v) is 3.80. The summed E-state index contributed by atoms with van der Waals surface area (Å²) < 4.78 is 12.8. The van der Waals surface area contributed by atoms with Crippen LogP contribution in [0.5, 0.6) is 0 Å². The number of hydrogen-bond acceptors (Lipinski definition) is 3. The molecule has 1 fully saturated rings. The molecule has 0 radical (unpaired) electrons. The van der Waals surface area contributed by atoms with Crippen molar-refractivity contribution in [2.45, 2.75) is 38.0 Å². The average molecular weight is 195 g/mol. The lowest BCUT2D eigenvalue weighted by Gasteiger charge is -2.19. The Morgan fingerprint density at radius 3 is 2.64 bits per heavy atom. The molecule has 1 heterocycles. The molecule has 4 heteroatoms. The molecule has 0 aromatic carbocycles. The highest BCUT2D eigenvalue weighted by atomic mass is 19.1. The molecule has 3 nitrogen and oxygen atoms in total. The molecule has 1 aliphatic carbocycles. The topological polar surface area (TPSA) is 51.8 Å². The van der Waals surface area contributed by atoms with Crippen molar-refractivity contribution < 1.29 is 4.39 Å². The molecule has 0 saturated heterocycles. The number of nitrogen functional groups attached to an aromatic ring is 1. The van der Waals surface area contributed by atoms with E-state index in [0.717, 1.165) is 12.8 Å². The minimum Gasteiger partial charge on any atom is -0.381 e. The molecule has 14 heavy (non-hydrogen) atoms. The molecule has 2 rings (SSSR count). The zero-order chi connectivity index (χ0) is 9.97.